The van der Waals surface area contributed by atoms with Gasteiger partial charge < -0.3 is 9.47 Å². The number of carbonyl (C=O) groups is 2. The molecule has 0 heterocycles. The summed E-state index contributed by atoms with van der Waals surface area (Å²) in [4.78, 5) is 23.6. The van der Waals surface area contributed by atoms with Crippen molar-refractivity contribution in [3.8, 4) is 11.5 Å². The lowest BCUT2D eigenvalue weighted by molar-refractivity contribution is -0.131. The molecule has 0 N–H and O–H groups in total. The number of halogens is 6. The number of rotatable bonds is 4. The molecule has 0 spiro atoms. The summed E-state index contributed by atoms with van der Waals surface area (Å²) in [6.07, 6.45) is 1.64. The Labute approximate surface area is 178 Å². The average Bonchev–Trinajstić information content (AvgIpc) is 2.52. The van der Waals surface area contributed by atoms with E-state index in [1.54, 1.807) is 0 Å². The van der Waals surface area contributed by atoms with Crippen molar-refractivity contribution in [1.82, 2.24) is 0 Å². The van der Waals surface area contributed by atoms with Gasteiger partial charge in [0, 0.05) is 22.2 Å². The van der Waals surface area contributed by atoms with Gasteiger partial charge in [0.1, 0.15) is 0 Å². The summed E-state index contributed by atoms with van der Waals surface area (Å²) in [5.74, 6) is -2.02. The van der Waals surface area contributed by atoms with Gasteiger partial charge in [-0.2, -0.15) is 0 Å². The molecule has 0 fully saturated rings. The molecule has 0 unspecified atom stereocenters. The second kappa shape index (κ2) is 9.18. The van der Waals surface area contributed by atoms with E-state index in [0.29, 0.717) is 0 Å². The van der Waals surface area contributed by atoms with Crippen LogP contribution >= 0.6 is 69.6 Å². The third kappa shape index (κ3) is 5.68. The van der Waals surface area contributed by atoms with Gasteiger partial charge in [-0.1, -0.05) is 69.6 Å². The molecule has 0 bridgehead atoms. The molecular formula is C16H6Cl6O4. The third-order valence-electron chi connectivity index (χ3n) is 2.69. The van der Waals surface area contributed by atoms with Gasteiger partial charge in [-0.25, -0.2) is 9.59 Å². The molecule has 0 radical (unpaired) electrons. The Bertz CT molecular complexity index is 790. The summed E-state index contributed by atoms with van der Waals surface area (Å²) < 4.78 is 9.94. The maximum atomic E-state index is 11.8. The molecule has 26 heavy (non-hydrogen) atoms. The predicted octanol–water partition coefficient (Wildman–Crippen LogP) is 6.67. The fourth-order valence-electron chi connectivity index (χ4n) is 1.66. The Balaban J connectivity index is 2.06. The van der Waals surface area contributed by atoms with Crippen LogP contribution in [-0.4, -0.2) is 11.9 Å². The highest BCUT2D eigenvalue weighted by Gasteiger charge is 2.14. The summed E-state index contributed by atoms with van der Waals surface area (Å²) in [5, 5.41) is 0.683. The molecule has 136 valence electrons. The molecule has 2 rings (SSSR count). The Kier molecular flexibility index (Phi) is 7.47. The van der Waals surface area contributed by atoms with Crippen molar-refractivity contribution >= 4 is 81.5 Å². The van der Waals surface area contributed by atoms with Gasteiger partial charge in [0.05, 0.1) is 20.1 Å². The molecule has 0 aliphatic rings. The average molecular weight is 475 g/mol. The molecule has 0 aliphatic heterocycles. The first-order chi connectivity index (χ1) is 12.2. The molecule has 0 aliphatic carbocycles. The number of esters is 2. The molecular weight excluding hydrogens is 469 g/mol. The van der Waals surface area contributed by atoms with Crippen LogP contribution in [0.3, 0.4) is 0 Å². The van der Waals surface area contributed by atoms with E-state index in [2.05, 4.69) is 0 Å². The highest BCUT2D eigenvalue weighted by atomic mass is 35.5. The van der Waals surface area contributed by atoms with Crippen LogP contribution in [0, 0.1) is 0 Å². The second-order valence-electron chi connectivity index (χ2n) is 4.57. The summed E-state index contributed by atoms with van der Waals surface area (Å²) >= 11 is 35.1. The van der Waals surface area contributed by atoms with E-state index in [9.17, 15) is 9.59 Å². The largest absolute Gasteiger partial charge is 0.420 e. The first-order valence-electron chi connectivity index (χ1n) is 6.58. The first-order valence-corrected chi connectivity index (χ1v) is 8.85. The highest BCUT2D eigenvalue weighted by molar-refractivity contribution is 6.41. The standard InChI is InChI=1S/C16H6Cl6O4/c17-7-3-9(19)15(10(20)4-7)25-13(23)1-2-14(24)26-16-11(21)5-8(18)6-12(16)22/h1-6H. The van der Waals surface area contributed by atoms with E-state index in [0.717, 1.165) is 12.2 Å². The quantitative estimate of drug-likeness (QED) is 0.282. The van der Waals surface area contributed by atoms with E-state index >= 15 is 0 Å². The third-order valence-corrected chi connectivity index (χ3v) is 4.25. The van der Waals surface area contributed by atoms with Crippen LogP contribution in [0.2, 0.25) is 30.1 Å². The number of ether oxygens (including phenoxy) is 2. The topological polar surface area (TPSA) is 52.6 Å². The SMILES string of the molecule is O=C(C=CC(=O)Oc1c(Cl)cc(Cl)cc1Cl)Oc1c(Cl)cc(Cl)cc1Cl. The summed E-state index contributed by atoms with van der Waals surface area (Å²) in [7, 11) is 0. The van der Waals surface area contributed by atoms with E-state index in [1.807, 2.05) is 0 Å². The Morgan fingerprint density at radius 2 is 0.885 bits per heavy atom. The Hall–Kier alpha value is -1.14. The zero-order chi connectivity index (χ0) is 19.4. The molecule has 0 saturated carbocycles. The lowest BCUT2D eigenvalue weighted by Crippen LogP contribution is -2.09. The van der Waals surface area contributed by atoms with E-state index in [4.69, 9.17) is 79.1 Å². The number of carbonyl (C=O) groups excluding carboxylic acids is 2. The number of hydrogen-bond acceptors (Lipinski definition) is 4. The van der Waals surface area contributed by atoms with Crippen LogP contribution in [0.1, 0.15) is 0 Å². The van der Waals surface area contributed by atoms with Gasteiger partial charge in [-0.05, 0) is 24.3 Å². The minimum atomic E-state index is -0.915. The molecule has 10 heteroatoms. The summed E-state index contributed by atoms with van der Waals surface area (Å²) in [6, 6.07) is 5.39. The highest BCUT2D eigenvalue weighted by Crippen LogP contribution is 2.37. The van der Waals surface area contributed by atoms with Crippen LogP contribution in [-0.2, 0) is 9.59 Å². The fourth-order valence-corrected chi connectivity index (χ4v) is 3.45. The normalized spacial score (nSPS) is 10.8. The number of hydrogen-bond donors (Lipinski definition) is 0. The molecule has 2 aromatic carbocycles. The smallest absolute Gasteiger partial charge is 0.336 e. The van der Waals surface area contributed by atoms with Crippen molar-refractivity contribution in [3.63, 3.8) is 0 Å². The van der Waals surface area contributed by atoms with Gasteiger partial charge in [0.2, 0.25) is 0 Å². The number of benzene rings is 2. The lowest BCUT2D eigenvalue weighted by Gasteiger charge is -2.07. The van der Waals surface area contributed by atoms with Crippen molar-refractivity contribution in [2.75, 3.05) is 0 Å². The molecule has 0 atom stereocenters. The summed E-state index contributed by atoms with van der Waals surface area (Å²) in [6.45, 7) is 0. The van der Waals surface area contributed by atoms with Crippen molar-refractivity contribution in [2.45, 2.75) is 0 Å². The molecule has 0 saturated heterocycles. The molecule has 0 aromatic heterocycles. The fraction of sp³-hybridized carbons (Fsp3) is 0. The zero-order valence-electron chi connectivity index (χ0n) is 12.4. The molecule has 2 aromatic rings. The van der Waals surface area contributed by atoms with Gasteiger partial charge in [0.25, 0.3) is 0 Å². The van der Waals surface area contributed by atoms with Crippen LogP contribution < -0.4 is 9.47 Å². The predicted molar refractivity (Wildman–Crippen MR) is 103 cm³/mol. The maximum Gasteiger partial charge on any atom is 0.336 e. The minimum Gasteiger partial charge on any atom is -0.420 e. The van der Waals surface area contributed by atoms with Gasteiger partial charge in [-0.15, -0.1) is 0 Å². The first kappa shape index (κ1) is 21.2. The second-order valence-corrected chi connectivity index (χ2v) is 7.07. The van der Waals surface area contributed by atoms with Crippen LogP contribution in [0.15, 0.2) is 36.4 Å². The molecule has 0 amide bonds. The van der Waals surface area contributed by atoms with Crippen LogP contribution in [0.25, 0.3) is 0 Å². The van der Waals surface area contributed by atoms with Crippen molar-refractivity contribution in [3.05, 3.63) is 66.6 Å². The van der Waals surface area contributed by atoms with E-state index in [-0.39, 0.29) is 41.6 Å². The monoisotopic (exact) mass is 472 g/mol. The van der Waals surface area contributed by atoms with Crippen molar-refractivity contribution < 1.29 is 19.1 Å². The van der Waals surface area contributed by atoms with Crippen LogP contribution in [0.5, 0.6) is 11.5 Å². The van der Waals surface area contributed by atoms with Crippen molar-refractivity contribution in [2.24, 2.45) is 0 Å². The summed E-state index contributed by atoms with van der Waals surface area (Å²) in [5.41, 5.74) is 0. The Morgan fingerprint density at radius 3 is 1.15 bits per heavy atom. The van der Waals surface area contributed by atoms with Gasteiger partial charge in [0.15, 0.2) is 11.5 Å². The lowest BCUT2D eigenvalue weighted by atomic mass is 10.3. The zero-order valence-corrected chi connectivity index (χ0v) is 16.9. The maximum absolute atomic E-state index is 11.8. The van der Waals surface area contributed by atoms with Gasteiger partial charge >= 0.3 is 11.9 Å². The van der Waals surface area contributed by atoms with E-state index in [1.165, 1.54) is 24.3 Å². The molecule has 4 nitrogen and oxygen atoms in total. The van der Waals surface area contributed by atoms with Crippen LogP contribution in [0.4, 0.5) is 0 Å². The van der Waals surface area contributed by atoms with E-state index < -0.39 is 11.9 Å². The Morgan fingerprint density at radius 1 is 0.615 bits per heavy atom. The van der Waals surface area contributed by atoms with Crippen molar-refractivity contribution in [1.29, 1.82) is 0 Å². The minimum absolute atomic E-state index is 0.0338. The van der Waals surface area contributed by atoms with Gasteiger partial charge in [-0.3, -0.25) is 0 Å².